The molecule has 0 radical (unpaired) electrons. The van der Waals surface area contributed by atoms with Crippen molar-refractivity contribution in [3.05, 3.63) is 39.9 Å². The zero-order valence-electron chi connectivity index (χ0n) is 7.42. The fourth-order valence-electron chi connectivity index (χ4n) is 0.986. The standard InChI is InChI=1S/C11H10BrN/c1-2-3-4-10-7-9(8-13)5-6-11(10)12/h3-7H,2H2,1H3/b4-3+. The molecule has 1 aromatic rings. The van der Waals surface area contributed by atoms with Crippen LogP contribution in [-0.4, -0.2) is 0 Å². The zero-order chi connectivity index (χ0) is 9.68. The van der Waals surface area contributed by atoms with Crippen LogP contribution < -0.4 is 0 Å². The van der Waals surface area contributed by atoms with E-state index in [1.54, 1.807) is 6.07 Å². The molecule has 0 N–H and O–H groups in total. The first-order valence-corrected chi connectivity index (χ1v) is 4.93. The summed E-state index contributed by atoms with van der Waals surface area (Å²) in [7, 11) is 0. The van der Waals surface area contributed by atoms with Gasteiger partial charge in [-0.2, -0.15) is 5.26 Å². The van der Waals surface area contributed by atoms with E-state index < -0.39 is 0 Å². The van der Waals surface area contributed by atoms with Crippen LogP contribution in [0.1, 0.15) is 24.5 Å². The average Bonchev–Trinajstić information content (AvgIpc) is 2.17. The minimum atomic E-state index is 0.693. The van der Waals surface area contributed by atoms with Crippen LogP contribution in [0.25, 0.3) is 6.08 Å². The molecule has 0 heterocycles. The van der Waals surface area contributed by atoms with Gasteiger partial charge in [-0.3, -0.25) is 0 Å². The average molecular weight is 236 g/mol. The molecular formula is C11H10BrN. The summed E-state index contributed by atoms with van der Waals surface area (Å²) in [5.41, 5.74) is 1.75. The Morgan fingerprint density at radius 3 is 2.92 bits per heavy atom. The molecule has 0 aliphatic rings. The van der Waals surface area contributed by atoms with E-state index in [9.17, 15) is 0 Å². The van der Waals surface area contributed by atoms with E-state index in [1.807, 2.05) is 18.2 Å². The van der Waals surface area contributed by atoms with Gasteiger partial charge in [0, 0.05) is 4.47 Å². The van der Waals surface area contributed by atoms with E-state index in [0.717, 1.165) is 16.5 Å². The third kappa shape index (κ3) is 2.71. The molecule has 0 unspecified atom stereocenters. The maximum atomic E-state index is 8.69. The second-order valence-electron chi connectivity index (χ2n) is 2.66. The van der Waals surface area contributed by atoms with E-state index in [0.29, 0.717) is 5.56 Å². The van der Waals surface area contributed by atoms with E-state index in [-0.39, 0.29) is 0 Å². The van der Waals surface area contributed by atoms with Gasteiger partial charge in [0.2, 0.25) is 0 Å². The van der Waals surface area contributed by atoms with Crippen molar-refractivity contribution >= 4 is 22.0 Å². The number of rotatable bonds is 2. The Morgan fingerprint density at radius 1 is 1.54 bits per heavy atom. The van der Waals surface area contributed by atoms with Gasteiger partial charge in [-0.15, -0.1) is 0 Å². The summed E-state index contributed by atoms with van der Waals surface area (Å²) < 4.78 is 1.02. The van der Waals surface area contributed by atoms with Crippen LogP contribution in [-0.2, 0) is 0 Å². The fraction of sp³-hybridized carbons (Fsp3) is 0.182. The molecule has 13 heavy (non-hydrogen) atoms. The maximum Gasteiger partial charge on any atom is 0.0991 e. The summed E-state index contributed by atoms with van der Waals surface area (Å²) in [4.78, 5) is 0. The van der Waals surface area contributed by atoms with Crippen molar-refractivity contribution in [3.8, 4) is 6.07 Å². The van der Waals surface area contributed by atoms with E-state index in [2.05, 4.69) is 35.0 Å². The molecule has 0 saturated heterocycles. The van der Waals surface area contributed by atoms with Crippen LogP contribution in [0.2, 0.25) is 0 Å². The Balaban J connectivity index is 3.06. The molecule has 0 aromatic heterocycles. The van der Waals surface area contributed by atoms with Crippen molar-refractivity contribution < 1.29 is 0 Å². The van der Waals surface area contributed by atoms with Crippen molar-refractivity contribution in [1.29, 1.82) is 5.26 Å². The number of hydrogen-bond acceptors (Lipinski definition) is 1. The summed E-state index contributed by atoms with van der Waals surface area (Å²) in [6, 6.07) is 7.68. The van der Waals surface area contributed by atoms with Gasteiger partial charge in [-0.05, 0) is 30.2 Å². The van der Waals surface area contributed by atoms with Crippen molar-refractivity contribution in [3.63, 3.8) is 0 Å². The van der Waals surface area contributed by atoms with E-state index >= 15 is 0 Å². The Morgan fingerprint density at radius 2 is 2.31 bits per heavy atom. The van der Waals surface area contributed by atoms with Crippen LogP contribution in [0.15, 0.2) is 28.7 Å². The highest BCUT2D eigenvalue weighted by atomic mass is 79.9. The Bertz CT molecular complexity index is 361. The Labute approximate surface area is 86.8 Å². The first-order chi connectivity index (χ1) is 6.27. The lowest BCUT2D eigenvalue weighted by Crippen LogP contribution is -1.79. The summed E-state index contributed by atoms with van der Waals surface area (Å²) in [6.07, 6.45) is 5.09. The molecule has 0 bridgehead atoms. The molecule has 0 atom stereocenters. The molecule has 1 rings (SSSR count). The zero-order valence-corrected chi connectivity index (χ0v) is 9.01. The monoisotopic (exact) mass is 235 g/mol. The molecule has 1 nitrogen and oxygen atoms in total. The van der Waals surface area contributed by atoms with Crippen LogP contribution in [0, 0.1) is 11.3 Å². The van der Waals surface area contributed by atoms with Crippen molar-refractivity contribution in [2.75, 3.05) is 0 Å². The molecule has 1 aromatic carbocycles. The lowest BCUT2D eigenvalue weighted by molar-refractivity contribution is 1.23. The molecule has 66 valence electrons. The number of hydrogen-bond donors (Lipinski definition) is 0. The molecule has 0 aliphatic carbocycles. The van der Waals surface area contributed by atoms with Gasteiger partial charge in [0.05, 0.1) is 11.6 Å². The topological polar surface area (TPSA) is 23.8 Å². The molecule has 0 spiro atoms. The fourth-order valence-corrected chi connectivity index (χ4v) is 1.36. The number of nitrogens with zero attached hydrogens (tertiary/aromatic N) is 1. The largest absolute Gasteiger partial charge is 0.192 e. The predicted octanol–water partition coefficient (Wildman–Crippen LogP) is 3.74. The molecular weight excluding hydrogens is 226 g/mol. The third-order valence-electron chi connectivity index (χ3n) is 1.66. The van der Waals surface area contributed by atoms with Crippen LogP contribution in [0.4, 0.5) is 0 Å². The molecule has 0 saturated carbocycles. The number of benzene rings is 1. The second-order valence-corrected chi connectivity index (χ2v) is 3.51. The summed E-state index contributed by atoms with van der Waals surface area (Å²) >= 11 is 3.43. The lowest BCUT2D eigenvalue weighted by atomic mass is 10.1. The van der Waals surface area contributed by atoms with Gasteiger partial charge in [0.25, 0.3) is 0 Å². The Hall–Kier alpha value is -1.07. The highest BCUT2D eigenvalue weighted by Gasteiger charge is 1.96. The van der Waals surface area contributed by atoms with E-state index in [4.69, 9.17) is 5.26 Å². The predicted molar refractivity (Wildman–Crippen MR) is 58.2 cm³/mol. The number of allylic oxidation sites excluding steroid dienone is 1. The van der Waals surface area contributed by atoms with Crippen LogP contribution >= 0.6 is 15.9 Å². The minimum Gasteiger partial charge on any atom is -0.192 e. The number of nitriles is 1. The van der Waals surface area contributed by atoms with Gasteiger partial charge in [0.1, 0.15) is 0 Å². The highest BCUT2D eigenvalue weighted by molar-refractivity contribution is 9.10. The van der Waals surface area contributed by atoms with Crippen molar-refractivity contribution in [2.45, 2.75) is 13.3 Å². The summed E-state index contributed by atoms with van der Waals surface area (Å²) in [6.45, 7) is 2.08. The molecule has 2 heteroatoms. The lowest BCUT2D eigenvalue weighted by Gasteiger charge is -1.98. The maximum absolute atomic E-state index is 8.69. The SMILES string of the molecule is CC/C=C/c1cc(C#N)ccc1Br. The first kappa shape index (κ1) is 10.0. The second kappa shape index (κ2) is 4.84. The highest BCUT2D eigenvalue weighted by Crippen LogP contribution is 2.19. The normalized spacial score (nSPS) is 10.2. The Kier molecular flexibility index (Phi) is 3.72. The van der Waals surface area contributed by atoms with Crippen molar-refractivity contribution in [2.24, 2.45) is 0 Å². The van der Waals surface area contributed by atoms with Crippen molar-refractivity contribution in [1.82, 2.24) is 0 Å². The quantitative estimate of drug-likeness (QED) is 0.767. The molecule has 0 aliphatic heterocycles. The van der Waals surface area contributed by atoms with Gasteiger partial charge in [0.15, 0.2) is 0 Å². The minimum absolute atomic E-state index is 0.693. The van der Waals surface area contributed by atoms with Gasteiger partial charge < -0.3 is 0 Å². The van der Waals surface area contributed by atoms with Crippen LogP contribution in [0.3, 0.4) is 0 Å². The van der Waals surface area contributed by atoms with Gasteiger partial charge >= 0.3 is 0 Å². The van der Waals surface area contributed by atoms with Crippen LogP contribution in [0.5, 0.6) is 0 Å². The summed E-state index contributed by atoms with van der Waals surface area (Å²) in [5.74, 6) is 0. The molecule has 0 amide bonds. The smallest absolute Gasteiger partial charge is 0.0991 e. The van der Waals surface area contributed by atoms with Gasteiger partial charge in [-0.25, -0.2) is 0 Å². The molecule has 0 fully saturated rings. The third-order valence-corrected chi connectivity index (χ3v) is 2.38. The number of halogens is 1. The van der Waals surface area contributed by atoms with Gasteiger partial charge in [-0.1, -0.05) is 35.0 Å². The summed E-state index contributed by atoms with van der Waals surface area (Å²) in [5, 5.41) is 8.69. The first-order valence-electron chi connectivity index (χ1n) is 4.14. The van der Waals surface area contributed by atoms with E-state index in [1.165, 1.54) is 0 Å².